The van der Waals surface area contributed by atoms with Gasteiger partial charge in [0.15, 0.2) is 0 Å². The summed E-state index contributed by atoms with van der Waals surface area (Å²) in [6.45, 7) is 2.21. The maximum atomic E-state index is 12.4. The van der Waals surface area contributed by atoms with Gasteiger partial charge in [0.05, 0.1) is 16.4 Å². The highest BCUT2D eigenvalue weighted by molar-refractivity contribution is 6.35. The van der Waals surface area contributed by atoms with Crippen molar-refractivity contribution in [3.63, 3.8) is 0 Å². The molecule has 1 aromatic carbocycles. The molecule has 2 atom stereocenters. The van der Waals surface area contributed by atoms with Crippen molar-refractivity contribution in [1.29, 1.82) is 0 Å². The zero-order valence-electron chi connectivity index (χ0n) is 10.4. The van der Waals surface area contributed by atoms with Gasteiger partial charge in [-0.15, -0.1) is 0 Å². The minimum absolute atomic E-state index is 0.0645. The highest BCUT2D eigenvalue weighted by atomic mass is 35.5. The first-order valence-corrected chi connectivity index (χ1v) is 6.87. The van der Waals surface area contributed by atoms with E-state index in [0.717, 1.165) is 24.9 Å². The Morgan fingerprint density at radius 1 is 1.44 bits per heavy atom. The molecule has 4 heteroatoms. The summed E-state index contributed by atoms with van der Waals surface area (Å²) in [6.07, 6.45) is 4.09. The van der Waals surface area contributed by atoms with Gasteiger partial charge in [-0.25, -0.2) is 0 Å². The minimum Gasteiger partial charge on any atom is -0.369 e. The van der Waals surface area contributed by atoms with E-state index in [2.05, 4.69) is 17.6 Å². The fourth-order valence-corrected chi connectivity index (χ4v) is 3.40. The number of amides is 1. The molecule has 96 valence electrons. The van der Waals surface area contributed by atoms with Crippen LogP contribution in [0.3, 0.4) is 0 Å². The summed E-state index contributed by atoms with van der Waals surface area (Å²) in [6, 6.07) is 5.68. The Morgan fingerprint density at radius 2 is 2.28 bits per heavy atom. The predicted octanol–water partition coefficient (Wildman–Crippen LogP) is 3.65. The molecular weight excluding hydrogens is 248 g/mol. The van der Waals surface area contributed by atoms with Crippen LogP contribution in [0.15, 0.2) is 18.2 Å². The molecule has 1 amide bonds. The number of nitrogens with one attached hydrogen (secondary N) is 2. The number of fused-ring (bicyclic) bond motifs is 1. The molecule has 0 aromatic heterocycles. The van der Waals surface area contributed by atoms with Crippen LogP contribution < -0.4 is 10.6 Å². The van der Waals surface area contributed by atoms with Crippen molar-refractivity contribution in [2.45, 2.75) is 38.1 Å². The summed E-state index contributed by atoms with van der Waals surface area (Å²) in [5.74, 6) is 0.646. The first-order valence-electron chi connectivity index (χ1n) is 6.49. The average Bonchev–Trinajstić information content (AvgIpc) is 2.32. The lowest BCUT2D eigenvalue weighted by Crippen LogP contribution is -2.54. The highest BCUT2D eigenvalue weighted by Gasteiger charge is 2.44. The second-order valence-corrected chi connectivity index (χ2v) is 5.93. The van der Waals surface area contributed by atoms with E-state index in [1.165, 1.54) is 6.42 Å². The normalized spacial score (nSPS) is 30.6. The molecule has 3 nitrogen and oxygen atoms in total. The molecule has 1 heterocycles. The van der Waals surface area contributed by atoms with Crippen molar-refractivity contribution in [2.75, 3.05) is 10.6 Å². The molecule has 1 aliphatic carbocycles. The summed E-state index contributed by atoms with van der Waals surface area (Å²) in [4.78, 5) is 12.4. The molecule has 2 N–H and O–H groups in total. The van der Waals surface area contributed by atoms with Crippen molar-refractivity contribution in [3.8, 4) is 0 Å². The molecule has 1 saturated carbocycles. The third kappa shape index (κ3) is 1.77. The zero-order chi connectivity index (χ0) is 12.8. The largest absolute Gasteiger partial charge is 0.369 e. The first-order chi connectivity index (χ1) is 8.61. The van der Waals surface area contributed by atoms with Crippen molar-refractivity contribution < 1.29 is 4.79 Å². The highest BCUT2D eigenvalue weighted by Crippen LogP contribution is 2.42. The van der Waals surface area contributed by atoms with Crippen LogP contribution in [0.5, 0.6) is 0 Å². The standard InChI is InChI=1S/C14H17ClN2O/c1-9-4-3-7-14(8-9)13(18)16-12-10(15)5-2-6-11(12)17-14/h2,5-6,9,17H,3-4,7-8H2,1H3,(H,16,18). The number of para-hydroxylation sites is 1. The average molecular weight is 265 g/mol. The lowest BCUT2D eigenvalue weighted by Gasteiger charge is -2.43. The number of carbonyl (C=O) groups excluding carboxylic acids is 1. The Labute approximate surface area is 112 Å². The van der Waals surface area contributed by atoms with Crippen LogP contribution in [-0.2, 0) is 4.79 Å². The zero-order valence-corrected chi connectivity index (χ0v) is 11.2. The fourth-order valence-electron chi connectivity index (χ4n) is 3.17. The molecule has 18 heavy (non-hydrogen) atoms. The van der Waals surface area contributed by atoms with E-state index in [1.807, 2.05) is 12.1 Å². The first kappa shape index (κ1) is 11.8. The van der Waals surface area contributed by atoms with Crippen LogP contribution >= 0.6 is 11.6 Å². The lowest BCUT2D eigenvalue weighted by atomic mass is 9.74. The number of hydrogen-bond donors (Lipinski definition) is 2. The molecule has 0 saturated heterocycles. The summed E-state index contributed by atoms with van der Waals surface area (Å²) in [5.41, 5.74) is 1.22. The topological polar surface area (TPSA) is 41.1 Å². The van der Waals surface area contributed by atoms with Gasteiger partial charge in [0.1, 0.15) is 5.54 Å². The number of carbonyl (C=O) groups is 1. The van der Waals surface area contributed by atoms with E-state index in [-0.39, 0.29) is 5.91 Å². The smallest absolute Gasteiger partial charge is 0.250 e. The number of hydrogen-bond acceptors (Lipinski definition) is 2. The van der Waals surface area contributed by atoms with Crippen molar-refractivity contribution in [3.05, 3.63) is 23.2 Å². The fraction of sp³-hybridized carbons (Fsp3) is 0.500. The SMILES string of the molecule is CC1CCCC2(C1)Nc1cccc(Cl)c1NC2=O. The van der Waals surface area contributed by atoms with Crippen LogP contribution in [0, 0.1) is 5.92 Å². The quantitative estimate of drug-likeness (QED) is 0.751. The van der Waals surface area contributed by atoms with Crippen LogP contribution in [0.2, 0.25) is 5.02 Å². The van der Waals surface area contributed by atoms with Gasteiger partial charge in [-0.2, -0.15) is 0 Å². The van der Waals surface area contributed by atoms with E-state index in [9.17, 15) is 4.79 Å². The van der Waals surface area contributed by atoms with Gasteiger partial charge in [0.25, 0.3) is 0 Å². The van der Waals surface area contributed by atoms with Gasteiger partial charge < -0.3 is 10.6 Å². The van der Waals surface area contributed by atoms with E-state index < -0.39 is 5.54 Å². The Morgan fingerprint density at radius 3 is 3.06 bits per heavy atom. The van der Waals surface area contributed by atoms with Gasteiger partial charge in [-0.05, 0) is 30.9 Å². The molecule has 3 rings (SSSR count). The summed E-state index contributed by atoms with van der Waals surface area (Å²) >= 11 is 6.11. The second kappa shape index (κ2) is 4.16. The van der Waals surface area contributed by atoms with Crippen molar-refractivity contribution in [2.24, 2.45) is 5.92 Å². The third-order valence-corrected chi connectivity index (χ3v) is 4.37. The Hall–Kier alpha value is -1.22. The molecule has 1 fully saturated rings. The Balaban J connectivity index is 1.99. The van der Waals surface area contributed by atoms with E-state index in [4.69, 9.17) is 11.6 Å². The molecule has 2 unspecified atom stereocenters. The summed E-state index contributed by atoms with van der Waals surface area (Å²) in [7, 11) is 0. The van der Waals surface area contributed by atoms with Crippen molar-refractivity contribution >= 4 is 28.9 Å². The van der Waals surface area contributed by atoms with Gasteiger partial charge >= 0.3 is 0 Å². The van der Waals surface area contributed by atoms with Crippen LogP contribution in [0.25, 0.3) is 0 Å². The van der Waals surface area contributed by atoms with E-state index >= 15 is 0 Å². The maximum absolute atomic E-state index is 12.4. The van der Waals surface area contributed by atoms with Crippen LogP contribution in [-0.4, -0.2) is 11.4 Å². The number of halogens is 1. The summed E-state index contributed by atoms with van der Waals surface area (Å²) < 4.78 is 0. The van der Waals surface area contributed by atoms with Gasteiger partial charge in [-0.3, -0.25) is 4.79 Å². The number of rotatable bonds is 0. The maximum Gasteiger partial charge on any atom is 0.250 e. The molecule has 0 bridgehead atoms. The predicted molar refractivity (Wildman–Crippen MR) is 74.1 cm³/mol. The van der Waals surface area contributed by atoms with Crippen LogP contribution in [0.1, 0.15) is 32.6 Å². The Kier molecular flexibility index (Phi) is 2.74. The molecule has 1 aromatic rings. The number of benzene rings is 1. The van der Waals surface area contributed by atoms with Crippen molar-refractivity contribution in [1.82, 2.24) is 0 Å². The molecule has 2 aliphatic rings. The van der Waals surface area contributed by atoms with E-state index in [0.29, 0.717) is 16.6 Å². The molecule has 0 radical (unpaired) electrons. The molecule has 1 aliphatic heterocycles. The second-order valence-electron chi connectivity index (χ2n) is 5.53. The van der Waals surface area contributed by atoms with Gasteiger partial charge in [-0.1, -0.05) is 37.4 Å². The monoisotopic (exact) mass is 264 g/mol. The molecule has 1 spiro atoms. The van der Waals surface area contributed by atoms with Crippen LogP contribution in [0.4, 0.5) is 11.4 Å². The van der Waals surface area contributed by atoms with Gasteiger partial charge in [0.2, 0.25) is 5.91 Å². The summed E-state index contributed by atoms with van der Waals surface area (Å²) in [5, 5.41) is 7.00. The lowest BCUT2D eigenvalue weighted by molar-refractivity contribution is -0.122. The minimum atomic E-state index is -0.435. The third-order valence-electron chi connectivity index (χ3n) is 4.06. The van der Waals surface area contributed by atoms with E-state index in [1.54, 1.807) is 6.07 Å². The molecular formula is C14H17ClN2O. The van der Waals surface area contributed by atoms with Gasteiger partial charge in [0, 0.05) is 0 Å². The number of anilines is 2. The Bertz CT molecular complexity index is 503.